The van der Waals surface area contributed by atoms with Gasteiger partial charge in [-0.25, -0.2) is 9.97 Å². The molecule has 2 fully saturated rings. The monoisotopic (exact) mass is 359 g/mol. The van der Waals surface area contributed by atoms with Crippen LogP contribution in [0.15, 0.2) is 23.4 Å². The fraction of sp³-hybridized carbons (Fsp3) is 0.529. The number of thiazole rings is 1. The Balaban J connectivity index is 1.40. The van der Waals surface area contributed by atoms with E-state index in [0.29, 0.717) is 44.2 Å². The van der Waals surface area contributed by atoms with Gasteiger partial charge >= 0.3 is 0 Å². The van der Waals surface area contributed by atoms with Crippen LogP contribution in [0.2, 0.25) is 0 Å². The van der Waals surface area contributed by atoms with E-state index in [0.717, 1.165) is 5.69 Å². The van der Waals surface area contributed by atoms with Crippen LogP contribution in [0.1, 0.15) is 23.1 Å². The van der Waals surface area contributed by atoms with Crippen molar-refractivity contribution in [2.24, 2.45) is 18.4 Å². The molecule has 0 unspecified atom stereocenters. The van der Waals surface area contributed by atoms with Crippen LogP contribution in [0.4, 0.5) is 0 Å². The highest BCUT2D eigenvalue weighted by molar-refractivity contribution is 7.07. The molecule has 0 N–H and O–H groups in total. The molecule has 132 valence electrons. The number of amides is 2. The number of aromatic nitrogens is 3. The summed E-state index contributed by atoms with van der Waals surface area (Å²) in [5, 5.41) is 1.92. The summed E-state index contributed by atoms with van der Waals surface area (Å²) in [7, 11) is 1.86. The van der Waals surface area contributed by atoms with E-state index in [4.69, 9.17) is 0 Å². The van der Waals surface area contributed by atoms with Crippen LogP contribution < -0.4 is 0 Å². The zero-order chi connectivity index (χ0) is 17.6. The standard InChI is InChI=1S/C17H21N5O2S/c1-17-8-21(15(23)3-13-7-25-11-19-13)4-12(17)5-22(9-17)16(24)14-6-20(2)10-18-14/h6-7,10-12H,3-5,8-9H2,1-2H3/t12-,17+/m0/s1. The molecule has 7 nitrogen and oxygen atoms in total. The predicted molar refractivity (Wildman–Crippen MR) is 93.1 cm³/mol. The van der Waals surface area contributed by atoms with Gasteiger partial charge in [-0.2, -0.15) is 0 Å². The van der Waals surface area contributed by atoms with E-state index in [2.05, 4.69) is 16.9 Å². The molecule has 0 saturated carbocycles. The number of carbonyl (C=O) groups is 2. The number of hydrogen-bond donors (Lipinski definition) is 0. The van der Waals surface area contributed by atoms with Crippen molar-refractivity contribution < 1.29 is 9.59 Å². The summed E-state index contributed by atoms with van der Waals surface area (Å²) in [4.78, 5) is 37.3. The van der Waals surface area contributed by atoms with E-state index in [9.17, 15) is 9.59 Å². The molecule has 2 aliphatic rings. The van der Waals surface area contributed by atoms with Crippen molar-refractivity contribution >= 4 is 23.2 Å². The fourth-order valence-corrected chi connectivity index (χ4v) is 4.52. The summed E-state index contributed by atoms with van der Waals surface area (Å²) < 4.78 is 1.78. The van der Waals surface area contributed by atoms with Crippen molar-refractivity contribution in [1.82, 2.24) is 24.3 Å². The highest BCUT2D eigenvalue weighted by Crippen LogP contribution is 2.42. The lowest BCUT2D eigenvalue weighted by molar-refractivity contribution is -0.130. The Morgan fingerprint density at radius 1 is 1.28 bits per heavy atom. The smallest absolute Gasteiger partial charge is 0.274 e. The minimum Gasteiger partial charge on any atom is -0.341 e. The van der Waals surface area contributed by atoms with Gasteiger partial charge in [0.1, 0.15) is 5.69 Å². The Morgan fingerprint density at radius 3 is 2.68 bits per heavy atom. The zero-order valence-electron chi connectivity index (χ0n) is 14.4. The van der Waals surface area contributed by atoms with Gasteiger partial charge < -0.3 is 14.4 Å². The first-order valence-electron chi connectivity index (χ1n) is 8.37. The number of aryl methyl sites for hydroxylation is 1. The maximum atomic E-state index is 12.6. The normalized spacial score (nSPS) is 25.4. The Bertz CT molecular complexity index is 802. The van der Waals surface area contributed by atoms with Crippen molar-refractivity contribution in [3.05, 3.63) is 34.8 Å². The molecule has 0 radical (unpaired) electrons. The third-order valence-corrected chi connectivity index (χ3v) is 5.99. The largest absolute Gasteiger partial charge is 0.341 e. The van der Waals surface area contributed by atoms with Gasteiger partial charge in [-0.1, -0.05) is 6.92 Å². The second-order valence-electron chi connectivity index (χ2n) is 7.39. The number of nitrogens with zero attached hydrogens (tertiary/aromatic N) is 5. The Labute approximate surface area is 150 Å². The van der Waals surface area contributed by atoms with Crippen LogP contribution >= 0.6 is 11.3 Å². The Kier molecular flexibility index (Phi) is 3.87. The lowest BCUT2D eigenvalue weighted by Gasteiger charge is -2.25. The van der Waals surface area contributed by atoms with Crippen molar-refractivity contribution in [3.8, 4) is 0 Å². The predicted octanol–water partition coefficient (Wildman–Crippen LogP) is 1.04. The second kappa shape index (κ2) is 5.94. The molecule has 4 rings (SSSR count). The number of likely N-dealkylation sites (tertiary alicyclic amines) is 2. The van der Waals surface area contributed by atoms with Crippen molar-refractivity contribution in [2.75, 3.05) is 26.2 Å². The second-order valence-corrected chi connectivity index (χ2v) is 8.11. The SMILES string of the molecule is Cn1cnc(C(=O)N2C[C@@H]3CN(C(=O)Cc4cscn4)C[C@]3(C)C2)c1. The average molecular weight is 359 g/mol. The molecular weight excluding hydrogens is 338 g/mol. The van der Waals surface area contributed by atoms with E-state index in [1.165, 1.54) is 11.3 Å². The summed E-state index contributed by atoms with van der Waals surface area (Å²) in [6.07, 6.45) is 3.76. The quantitative estimate of drug-likeness (QED) is 0.821. The molecule has 2 amide bonds. The van der Waals surface area contributed by atoms with Crippen LogP contribution in [0, 0.1) is 11.3 Å². The van der Waals surface area contributed by atoms with E-state index in [1.54, 1.807) is 22.6 Å². The zero-order valence-corrected chi connectivity index (χ0v) is 15.2. The van der Waals surface area contributed by atoms with Gasteiger partial charge in [0.05, 0.1) is 24.0 Å². The van der Waals surface area contributed by atoms with E-state index in [1.807, 2.05) is 22.2 Å². The van der Waals surface area contributed by atoms with Gasteiger partial charge in [0.25, 0.3) is 5.91 Å². The summed E-state index contributed by atoms with van der Waals surface area (Å²) in [5.74, 6) is 0.431. The molecular formula is C17H21N5O2S. The van der Waals surface area contributed by atoms with E-state index >= 15 is 0 Å². The Hall–Kier alpha value is -2.22. The maximum absolute atomic E-state index is 12.6. The molecule has 2 aliphatic heterocycles. The minimum absolute atomic E-state index is 0.0171. The molecule has 0 bridgehead atoms. The number of rotatable bonds is 3. The van der Waals surface area contributed by atoms with Gasteiger partial charge in [0, 0.05) is 56.1 Å². The van der Waals surface area contributed by atoms with Crippen molar-refractivity contribution in [3.63, 3.8) is 0 Å². The minimum atomic E-state index is -0.0395. The lowest BCUT2D eigenvalue weighted by Crippen LogP contribution is -2.38. The number of imidazole rings is 1. The molecule has 8 heteroatoms. The van der Waals surface area contributed by atoms with Gasteiger partial charge in [0.2, 0.25) is 5.91 Å². The maximum Gasteiger partial charge on any atom is 0.274 e. The van der Waals surface area contributed by atoms with Crippen LogP contribution in [-0.2, 0) is 18.3 Å². The third kappa shape index (κ3) is 2.95. The van der Waals surface area contributed by atoms with E-state index < -0.39 is 0 Å². The average Bonchev–Trinajstić information content (AvgIpc) is 3.30. The third-order valence-electron chi connectivity index (χ3n) is 5.35. The molecule has 25 heavy (non-hydrogen) atoms. The molecule has 2 aromatic rings. The van der Waals surface area contributed by atoms with Gasteiger partial charge in [-0.05, 0) is 0 Å². The van der Waals surface area contributed by atoms with E-state index in [-0.39, 0.29) is 17.2 Å². The van der Waals surface area contributed by atoms with Gasteiger partial charge in [-0.3, -0.25) is 9.59 Å². The lowest BCUT2D eigenvalue weighted by atomic mass is 9.83. The molecule has 0 spiro atoms. The molecule has 2 saturated heterocycles. The topological polar surface area (TPSA) is 71.3 Å². The van der Waals surface area contributed by atoms with Crippen LogP contribution in [-0.4, -0.2) is 62.3 Å². The summed E-state index contributed by atoms with van der Waals surface area (Å²) in [6.45, 7) is 4.96. The first-order valence-corrected chi connectivity index (χ1v) is 9.31. The number of carbonyl (C=O) groups excluding carboxylic acids is 2. The first-order chi connectivity index (χ1) is 11.9. The molecule has 2 atom stereocenters. The Morgan fingerprint density at radius 2 is 2.04 bits per heavy atom. The molecule has 4 heterocycles. The summed E-state index contributed by atoms with van der Waals surface area (Å²) in [5.41, 5.74) is 3.04. The molecule has 0 aromatic carbocycles. The molecule has 0 aliphatic carbocycles. The van der Waals surface area contributed by atoms with Crippen LogP contribution in [0.3, 0.4) is 0 Å². The summed E-state index contributed by atoms with van der Waals surface area (Å²) >= 11 is 1.51. The fourth-order valence-electron chi connectivity index (χ4n) is 3.96. The molecule has 2 aromatic heterocycles. The van der Waals surface area contributed by atoms with Gasteiger partial charge in [-0.15, -0.1) is 11.3 Å². The number of fused-ring (bicyclic) bond motifs is 1. The van der Waals surface area contributed by atoms with Crippen LogP contribution in [0.5, 0.6) is 0 Å². The highest BCUT2D eigenvalue weighted by Gasteiger charge is 2.51. The summed E-state index contributed by atoms with van der Waals surface area (Å²) in [6, 6.07) is 0. The van der Waals surface area contributed by atoms with Crippen LogP contribution in [0.25, 0.3) is 0 Å². The van der Waals surface area contributed by atoms with Crippen molar-refractivity contribution in [2.45, 2.75) is 13.3 Å². The highest BCUT2D eigenvalue weighted by atomic mass is 32.1. The van der Waals surface area contributed by atoms with Crippen molar-refractivity contribution in [1.29, 1.82) is 0 Å². The first kappa shape index (κ1) is 16.3. The van der Waals surface area contributed by atoms with Gasteiger partial charge in [0.15, 0.2) is 0 Å². The number of hydrogen-bond acceptors (Lipinski definition) is 5.